The van der Waals surface area contributed by atoms with Crippen molar-refractivity contribution in [3.8, 4) is 5.75 Å². The van der Waals surface area contributed by atoms with Crippen molar-refractivity contribution in [3.05, 3.63) is 136 Å². The first-order chi connectivity index (χ1) is 18.8. The Kier molecular flexibility index (Phi) is 7.77. The Hall–Kier alpha value is -4.00. The SMILES string of the molecule is CC(C)(c1ccccc1)c1ccc(OCc2ccc(C(=O)Nc3cnn(Cc4c(Cl)cccc4Cl)c3)o2)cc1. The van der Waals surface area contributed by atoms with Crippen molar-refractivity contribution in [1.29, 1.82) is 0 Å². The molecule has 0 atom stereocenters. The average Bonchev–Trinajstić information content (AvgIpc) is 3.60. The summed E-state index contributed by atoms with van der Waals surface area (Å²) in [5.74, 6) is 1.05. The summed E-state index contributed by atoms with van der Waals surface area (Å²) in [4.78, 5) is 12.7. The molecule has 1 N–H and O–H groups in total. The van der Waals surface area contributed by atoms with Gasteiger partial charge in [-0.25, -0.2) is 0 Å². The fourth-order valence-corrected chi connectivity index (χ4v) is 4.79. The molecule has 5 aromatic rings. The van der Waals surface area contributed by atoms with Gasteiger partial charge in [-0.3, -0.25) is 9.48 Å². The van der Waals surface area contributed by atoms with Gasteiger partial charge in [-0.15, -0.1) is 0 Å². The van der Waals surface area contributed by atoms with Gasteiger partial charge in [-0.05, 0) is 47.5 Å². The second-order valence-electron chi connectivity index (χ2n) is 9.65. The van der Waals surface area contributed by atoms with E-state index in [1.807, 2.05) is 18.2 Å². The van der Waals surface area contributed by atoms with E-state index in [2.05, 4.69) is 60.7 Å². The fourth-order valence-electron chi connectivity index (χ4n) is 4.27. The van der Waals surface area contributed by atoms with E-state index in [0.717, 1.165) is 11.3 Å². The van der Waals surface area contributed by atoms with Gasteiger partial charge in [0.2, 0.25) is 0 Å². The molecule has 198 valence electrons. The van der Waals surface area contributed by atoms with Gasteiger partial charge in [0.25, 0.3) is 5.91 Å². The molecule has 0 fully saturated rings. The van der Waals surface area contributed by atoms with Gasteiger partial charge < -0.3 is 14.5 Å². The summed E-state index contributed by atoms with van der Waals surface area (Å²) in [6.45, 7) is 4.98. The molecule has 0 bridgehead atoms. The molecule has 1 amide bonds. The fraction of sp³-hybridized carbons (Fsp3) is 0.161. The lowest BCUT2D eigenvalue weighted by Crippen LogP contribution is -2.18. The van der Waals surface area contributed by atoms with Crippen LogP contribution in [0, 0.1) is 0 Å². The van der Waals surface area contributed by atoms with Crippen molar-refractivity contribution < 1.29 is 13.9 Å². The highest BCUT2D eigenvalue weighted by molar-refractivity contribution is 6.36. The summed E-state index contributed by atoms with van der Waals surface area (Å²) in [6, 6.07) is 27.1. The minimum atomic E-state index is -0.385. The quantitative estimate of drug-likeness (QED) is 0.198. The van der Waals surface area contributed by atoms with Crippen molar-refractivity contribution in [2.24, 2.45) is 0 Å². The van der Waals surface area contributed by atoms with Gasteiger partial charge in [0, 0.05) is 27.2 Å². The van der Waals surface area contributed by atoms with Gasteiger partial charge in [0.15, 0.2) is 5.76 Å². The molecule has 5 rings (SSSR count). The number of hydrogen-bond donors (Lipinski definition) is 1. The number of rotatable bonds is 9. The molecule has 8 heteroatoms. The van der Waals surface area contributed by atoms with Crippen molar-refractivity contribution in [1.82, 2.24) is 9.78 Å². The molecule has 0 saturated carbocycles. The largest absolute Gasteiger partial charge is 0.486 e. The first-order valence-electron chi connectivity index (χ1n) is 12.4. The summed E-state index contributed by atoms with van der Waals surface area (Å²) in [5.41, 5.74) is 3.60. The Morgan fingerprint density at radius 2 is 1.62 bits per heavy atom. The predicted molar refractivity (Wildman–Crippen MR) is 154 cm³/mol. The highest BCUT2D eigenvalue weighted by Gasteiger charge is 2.22. The van der Waals surface area contributed by atoms with Gasteiger partial charge in [-0.2, -0.15) is 5.10 Å². The molecule has 0 spiro atoms. The summed E-state index contributed by atoms with van der Waals surface area (Å²) >= 11 is 12.5. The summed E-state index contributed by atoms with van der Waals surface area (Å²) < 4.78 is 13.3. The third-order valence-electron chi connectivity index (χ3n) is 6.61. The van der Waals surface area contributed by atoms with Crippen LogP contribution in [0.1, 0.15) is 46.9 Å². The number of carbonyl (C=O) groups excluding carboxylic acids is 1. The van der Waals surface area contributed by atoms with Crippen molar-refractivity contribution >= 4 is 34.8 Å². The Balaban J connectivity index is 1.16. The van der Waals surface area contributed by atoms with E-state index in [1.165, 1.54) is 11.1 Å². The molecule has 3 aromatic carbocycles. The van der Waals surface area contributed by atoms with Crippen LogP contribution in [0.15, 0.2) is 102 Å². The molecule has 0 aliphatic heterocycles. The van der Waals surface area contributed by atoms with Crippen LogP contribution in [0.3, 0.4) is 0 Å². The van der Waals surface area contributed by atoms with Gasteiger partial charge in [-0.1, -0.05) is 85.6 Å². The number of hydrogen-bond acceptors (Lipinski definition) is 4. The van der Waals surface area contributed by atoms with Crippen molar-refractivity contribution in [2.45, 2.75) is 32.4 Å². The molecular formula is C31H27Cl2N3O3. The maximum atomic E-state index is 12.7. The third-order valence-corrected chi connectivity index (χ3v) is 7.32. The zero-order chi connectivity index (χ0) is 27.4. The zero-order valence-electron chi connectivity index (χ0n) is 21.5. The second kappa shape index (κ2) is 11.4. The molecule has 2 aromatic heterocycles. The first kappa shape index (κ1) is 26.6. The molecular weight excluding hydrogens is 533 g/mol. The van der Waals surface area contributed by atoms with Gasteiger partial charge in [0.05, 0.1) is 18.4 Å². The minimum Gasteiger partial charge on any atom is -0.486 e. The van der Waals surface area contributed by atoms with Crippen LogP contribution in [-0.2, 0) is 18.6 Å². The maximum absolute atomic E-state index is 12.7. The summed E-state index contributed by atoms with van der Waals surface area (Å²) in [6.07, 6.45) is 3.26. The van der Waals surface area contributed by atoms with E-state index < -0.39 is 0 Å². The van der Waals surface area contributed by atoms with Crippen LogP contribution < -0.4 is 10.1 Å². The maximum Gasteiger partial charge on any atom is 0.291 e. The Labute approximate surface area is 237 Å². The van der Waals surface area contributed by atoms with E-state index in [-0.39, 0.29) is 23.7 Å². The summed E-state index contributed by atoms with van der Waals surface area (Å²) in [7, 11) is 0. The normalized spacial score (nSPS) is 11.4. The zero-order valence-corrected chi connectivity index (χ0v) is 23.0. The van der Waals surface area contributed by atoms with Crippen LogP contribution in [-0.4, -0.2) is 15.7 Å². The third kappa shape index (κ3) is 6.19. The van der Waals surface area contributed by atoms with E-state index in [4.69, 9.17) is 32.4 Å². The molecule has 0 aliphatic rings. The Morgan fingerprint density at radius 3 is 2.33 bits per heavy atom. The lowest BCUT2D eigenvalue weighted by atomic mass is 9.78. The van der Waals surface area contributed by atoms with E-state index in [9.17, 15) is 4.79 Å². The number of anilines is 1. The number of ether oxygens (including phenoxy) is 1. The molecule has 0 radical (unpaired) electrons. The first-order valence-corrected chi connectivity index (χ1v) is 13.2. The Morgan fingerprint density at radius 1 is 0.923 bits per heavy atom. The number of benzene rings is 3. The van der Waals surface area contributed by atoms with E-state index in [0.29, 0.717) is 28.0 Å². The number of halogens is 2. The van der Waals surface area contributed by atoms with Crippen LogP contribution in [0.5, 0.6) is 5.75 Å². The highest BCUT2D eigenvalue weighted by Crippen LogP contribution is 2.32. The van der Waals surface area contributed by atoms with E-state index in [1.54, 1.807) is 47.4 Å². The molecule has 39 heavy (non-hydrogen) atoms. The lowest BCUT2D eigenvalue weighted by molar-refractivity contribution is 0.0992. The van der Waals surface area contributed by atoms with Gasteiger partial charge in [0.1, 0.15) is 18.1 Å². The monoisotopic (exact) mass is 559 g/mol. The van der Waals surface area contributed by atoms with E-state index >= 15 is 0 Å². The molecule has 2 heterocycles. The molecule has 0 unspecified atom stereocenters. The van der Waals surface area contributed by atoms with Crippen LogP contribution >= 0.6 is 23.2 Å². The predicted octanol–water partition coefficient (Wildman–Crippen LogP) is 7.99. The molecule has 0 aliphatic carbocycles. The van der Waals surface area contributed by atoms with Crippen LogP contribution in [0.25, 0.3) is 0 Å². The smallest absolute Gasteiger partial charge is 0.291 e. The highest BCUT2D eigenvalue weighted by atomic mass is 35.5. The Bertz CT molecular complexity index is 1550. The molecule has 6 nitrogen and oxygen atoms in total. The van der Waals surface area contributed by atoms with Crippen LogP contribution in [0.4, 0.5) is 5.69 Å². The summed E-state index contributed by atoms with van der Waals surface area (Å²) in [5, 5.41) is 8.19. The van der Waals surface area contributed by atoms with Crippen LogP contribution in [0.2, 0.25) is 10.0 Å². The lowest BCUT2D eigenvalue weighted by Gasteiger charge is -2.26. The number of amides is 1. The number of nitrogens with zero attached hydrogens (tertiary/aromatic N) is 2. The van der Waals surface area contributed by atoms with Gasteiger partial charge >= 0.3 is 0 Å². The van der Waals surface area contributed by atoms with Crippen molar-refractivity contribution in [3.63, 3.8) is 0 Å². The minimum absolute atomic E-state index is 0.124. The second-order valence-corrected chi connectivity index (χ2v) is 10.5. The molecule has 0 saturated heterocycles. The average molecular weight is 560 g/mol. The topological polar surface area (TPSA) is 69.3 Å². The number of furan rings is 1. The number of nitrogens with one attached hydrogen (secondary N) is 1. The number of aromatic nitrogens is 2. The van der Waals surface area contributed by atoms with Crippen molar-refractivity contribution in [2.75, 3.05) is 5.32 Å². The number of carbonyl (C=O) groups is 1. The standard InChI is InChI=1S/C31H27Cl2N3O3/c1-31(2,21-7-4-3-5-8-21)22-11-13-24(14-12-22)38-20-25-15-16-29(39-25)30(37)35-23-17-34-36(18-23)19-26-27(32)9-6-10-28(26)33/h3-18H,19-20H2,1-2H3,(H,35,37).